The highest BCUT2D eigenvalue weighted by Crippen LogP contribution is 2.47. The molecule has 12 nitrogen and oxygen atoms in total. The van der Waals surface area contributed by atoms with E-state index in [2.05, 4.69) is 54.1 Å². The summed E-state index contributed by atoms with van der Waals surface area (Å²) in [7, 11) is 0. The first-order valence-electron chi connectivity index (χ1n) is 39.7. The lowest BCUT2D eigenvalue weighted by atomic mass is 9.70. The second-order valence-corrected chi connectivity index (χ2v) is 30.1. The average molecular weight is 1880 g/mol. The molecule has 0 aliphatic carbocycles. The highest BCUT2D eigenvalue weighted by atomic mass is 19.4. The third-order valence-electron chi connectivity index (χ3n) is 20.3. The zero-order chi connectivity index (χ0) is 96.4. The summed E-state index contributed by atoms with van der Waals surface area (Å²) in [6, 6.07) is 75.6. The van der Waals surface area contributed by atoms with Crippen molar-refractivity contribution in [2.24, 2.45) is 0 Å². The van der Waals surface area contributed by atoms with Crippen molar-refractivity contribution in [3.05, 3.63) is 388 Å². The van der Waals surface area contributed by atoms with E-state index in [4.69, 9.17) is 4.74 Å². The number of benzene rings is 12. The Morgan fingerprint density at radius 1 is 0.256 bits per heavy atom. The fraction of sp³-hybridized carbons (Fsp3) is 0.206. The molecule has 36 heteroatoms. The molecule has 0 atom stereocenters. The van der Waals surface area contributed by atoms with Gasteiger partial charge in [-0.3, -0.25) is 0 Å². The molecule has 0 aliphatic heterocycles. The fourth-order valence-corrected chi connectivity index (χ4v) is 14.8. The fourth-order valence-electron chi connectivity index (χ4n) is 14.8. The molecular weight excluding hydrogens is 1810 g/mol. The quantitative estimate of drug-likeness (QED) is 0.0359. The monoisotopic (exact) mass is 1880 g/mol. The Balaban J connectivity index is 0.000000192. The number of aromatic nitrogens is 1. The first kappa shape index (κ1) is 99.5. The first-order valence-corrected chi connectivity index (χ1v) is 39.7. The number of pyridine rings is 1. The highest BCUT2D eigenvalue weighted by Gasteiger charge is 2.44. The summed E-state index contributed by atoms with van der Waals surface area (Å²) >= 11 is 0. The van der Waals surface area contributed by atoms with Gasteiger partial charge in [0, 0.05) is 71.5 Å². The largest absolute Gasteiger partial charge is 0.573 e. The van der Waals surface area contributed by atoms with Crippen LogP contribution in [0.5, 0.6) is 51.7 Å². The lowest BCUT2D eigenvalue weighted by Crippen LogP contribution is -2.38. The minimum atomic E-state index is -5.02. The number of ether oxygens (including phenoxy) is 8. The van der Waals surface area contributed by atoms with Gasteiger partial charge in [0.15, 0.2) is 0 Å². The van der Waals surface area contributed by atoms with Gasteiger partial charge in [0.1, 0.15) is 63.4 Å². The van der Waals surface area contributed by atoms with Crippen LogP contribution in [0.2, 0.25) is 0 Å². The summed E-state index contributed by atoms with van der Waals surface area (Å²) < 4.78 is 352. The number of nitrogens with one attached hydrogen (secondary N) is 3. The lowest BCUT2D eigenvalue weighted by Gasteiger charge is -2.37. The molecular formula is C97H76F24N4O8. The van der Waals surface area contributed by atoms with E-state index in [0.717, 1.165) is 91.3 Å². The van der Waals surface area contributed by atoms with E-state index >= 15 is 0 Å². The predicted molar refractivity (Wildman–Crippen MR) is 446 cm³/mol. The number of halogens is 24. The van der Waals surface area contributed by atoms with Crippen molar-refractivity contribution in [3.8, 4) is 51.7 Å². The van der Waals surface area contributed by atoms with E-state index in [1.54, 1.807) is 115 Å². The molecule has 0 fully saturated rings. The minimum absolute atomic E-state index is 0.00678. The molecule has 0 saturated carbocycles. The van der Waals surface area contributed by atoms with Gasteiger partial charge in [-0.05, 0) is 228 Å². The van der Waals surface area contributed by atoms with Crippen molar-refractivity contribution in [1.29, 1.82) is 0 Å². The van der Waals surface area contributed by atoms with Crippen LogP contribution in [0.15, 0.2) is 315 Å². The molecule has 1 heterocycles. The molecule has 0 saturated heterocycles. The van der Waals surface area contributed by atoms with Gasteiger partial charge in [0.25, 0.3) is 5.92 Å². The zero-order valence-corrected chi connectivity index (χ0v) is 69.5. The van der Waals surface area contributed by atoms with Gasteiger partial charge < -0.3 is 53.8 Å². The van der Waals surface area contributed by atoms with Crippen LogP contribution in [0.4, 0.5) is 123 Å². The molecule has 12 aromatic carbocycles. The molecule has 1 aromatic heterocycles. The third kappa shape index (κ3) is 30.2. The number of hydrogen-bond acceptors (Lipinski definition) is 12. The van der Waals surface area contributed by atoms with Gasteiger partial charge >= 0.3 is 44.5 Å². The Morgan fingerprint density at radius 2 is 0.541 bits per heavy atom. The Labute approximate surface area is 744 Å². The van der Waals surface area contributed by atoms with E-state index < -0.39 is 113 Å². The maximum Gasteiger partial charge on any atom is 0.573 e. The van der Waals surface area contributed by atoms with Crippen LogP contribution in [0.1, 0.15) is 73.8 Å². The normalized spacial score (nSPS) is 12.4. The van der Waals surface area contributed by atoms with E-state index in [9.17, 15) is 105 Å². The number of nitrogens with zero attached hydrogens (tertiary/aromatic N) is 1. The van der Waals surface area contributed by atoms with Crippen molar-refractivity contribution >= 4 is 17.2 Å². The third-order valence-corrected chi connectivity index (χ3v) is 20.3. The Bertz CT molecular complexity index is 5800. The van der Waals surface area contributed by atoms with E-state index in [0.29, 0.717) is 50.7 Å². The van der Waals surface area contributed by atoms with Crippen LogP contribution in [-0.2, 0) is 41.4 Å². The molecule has 700 valence electrons. The Kier molecular flexibility index (Phi) is 31.1. The maximum atomic E-state index is 14.2. The summed E-state index contributed by atoms with van der Waals surface area (Å²) in [6.07, 6.45) is -34.6. The van der Waals surface area contributed by atoms with E-state index in [1.807, 2.05) is 12.1 Å². The van der Waals surface area contributed by atoms with Crippen molar-refractivity contribution < 1.29 is 143 Å². The van der Waals surface area contributed by atoms with Gasteiger partial charge in [-0.15, -0.1) is 92.2 Å². The minimum Gasteiger partial charge on any atom is -0.457 e. The molecule has 13 aromatic rings. The Morgan fingerprint density at radius 3 is 0.850 bits per heavy atom. The van der Waals surface area contributed by atoms with Crippen LogP contribution < -0.4 is 53.8 Å². The smallest absolute Gasteiger partial charge is 0.457 e. The number of aryl methyl sites for hydroxylation is 2. The number of anilines is 3. The van der Waals surface area contributed by atoms with Crippen molar-refractivity contribution in [1.82, 2.24) is 4.98 Å². The Hall–Kier alpha value is -14.1. The average Bonchev–Trinajstić information content (AvgIpc) is 0.770. The standard InChI is InChI=1S/C35H26F7NO3.C31H24F9NO3.C31H26F8N2O2/c36-27-15-17-29(18-16-27)44-30-12-6-11-28(21-30)43-23-33(22-24-7-2-1-3-8-24,25-9-4-13-31(19-25)45-34(37,38)39)26-10-5-14-32(20-26)46-35(40,41)42;1-20-15-26(44-31(38,39)40)13-14-27(20)41-19-28(18-21-7-3-2-4-8-21,22-9-5-11-24(16-22)42-29(32,33)34)23-10-6-12-25(17-23)43-30(35,36)37;1-20-14-24(28(2,32)33)17-27(41-20)40-19-29(18-21-8-4-3-5-9-21,22-10-6-12-25(15-22)42-30(34,35)36)23-11-7-13-26(16-23)43-31(37,38)39/h1-21,43H,22-23H2;2-17,41H,18-19H2,1H3;3-17H,18-19H2,1-2H3,(H,40,41). The van der Waals surface area contributed by atoms with Crippen molar-refractivity contribution in [2.45, 2.75) is 107 Å². The maximum absolute atomic E-state index is 14.2. The van der Waals surface area contributed by atoms with Crippen LogP contribution >= 0.6 is 0 Å². The summed E-state index contributed by atoms with van der Waals surface area (Å²) in [5.41, 5.74) is 0.950. The number of rotatable bonds is 31. The number of alkyl halides is 23. The van der Waals surface area contributed by atoms with Crippen molar-refractivity contribution in [3.63, 3.8) is 0 Å². The van der Waals surface area contributed by atoms with Gasteiger partial charge in [0.05, 0.1) is 0 Å². The first-order chi connectivity index (χ1) is 62.4. The predicted octanol–water partition coefficient (Wildman–Crippen LogP) is 28.3. The van der Waals surface area contributed by atoms with Gasteiger partial charge in [-0.2, -0.15) is 0 Å². The number of hydrogen-bond donors (Lipinski definition) is 3. The summed E-state index contributed by atoms with van der Waals surface area (Å²) in [5, 5.41) is 9.46. The molecule has 0 unspecified atom stereocenters. The molecule has 0 spiro atoms. The van der Waals surface area contributed by atoms with Gasteiger partial charge in [-0.1, -0.05) is 170 Å². The second kappa shape index (κ2) is 41.6. The second-order valence-electron chi connectivity index (χ2n) is 30.1. The van der Waals surface area contributed by atoms with Crippen molar-refractivity contribution in [2.75, 3.05) is 35.6 Å². The zero-order valence-electron chi connectivity index (χ0n) is 69.5. The van der Waals surface area contributed by atoms with Crippen LogP contribution in [0, 0.1) is 19.7 Å². The summed E-state index contributed by atoms with van der Waals surface area (Å²) in [6.45, 7) is 3.45. The molecule has 13 rings (SSSR count). The summed E-state index contributed by atoms with van der Waals surface area (Å²) in [5.74, 6) is -6.43. The summed E-state index contributed by atoms with van der Waals surface area (Å²) in [4.78, 5) is 4.29. The topological polar surface area (TPSA) is 123 Å². The highest BCUT2D eigenvalue weighted by molar-refractivity contribution is 5.59. The van der Waals surface area contributed by atoms with Gasteiger partial charge in [0.2, 0.25) is 0 Å². The molecule has 0 radical (unpaired) electrons. The molecule has 133 heavy (non-hydrogen) atoms. The van der Waals surface area contributed by atoms with E-state index in [1.165, 1.54) is 123 Å². The molecule has 0 bridgehead atoms. The molecule has 3 N–H and O–H groups in total. The van der Waals surface area contributed by atoms with Gasteiger partial charge in [-0.25, -0.2) is 18.2 Å². The van der Waals surface area contributed by atoms with E-state index in [-0.39, 0.29) is 78.2 Å². The van der Waals surface area contributed by atoms with Crippen LogP contribution in [-0.4, -0.2) is 69.2 Å². The van der Waals surface area contributed by atoms with Crippen LogP contribution in [0.3, 0.4) is 0 Å². The molecule has 0 aliphatic rings. The van der Waals surface area contributed by atoms with Crippen LogP contribution in [0.25, 0.3) is 0 Å². The molecule has 0 amide bonds. The lowest BCUT2D eigenvalue weighted by molar-refractivity contribution is -0.275. The SMILES string of the molecule is Cc1cc(C(C)(F)F)cc(NCC(Cc2ccccc2)(c2cccc(OC(F)(F)F)c2)c2cccc(OC(F)(F)F)c2)n1.Cc1cc(OC(F)(F)F)ccc1NCC(Cc1ccccc1)(c1cccc(OC(F)(F)F)c1)c1cccc(OC(F)(F)F)c1.Fc1ccc(Oc2cccc(NCC(Cc3ccccc3)(c3cccc(OC(F)(F)F)c3)c3cccc(OC(F)(F)F)c3)c2)cc1.